The fourth-order valence-electron chi connectivity index (χ4n) is 2.34. The SMILES string of the molecule is CCl.CCl.Cc1ccccc1.Cc1ccccc1.Cc1ccccc1.Cc1ccccc1.[NH-]CCCP.[NH-]CCCP.[Ru+2]. The average Bonchev–Trinajstić information content (AvgIpc) is 3.03. The van der Waals surface area contributed by atoms with Gasteiger partial charge in [-0.15, -0.1) is 41.7 Å². The summed E-state index contributed by atoms with van der Waals surface area (Å²) in [5.41, 5.74) is 18.5. The molecular weight excluding hydrogens is 694 g/mol. The summed E-state index contributed by atoms with van der Waals surface area (Å²) in [5.74, 6) is 0. The molecule has 0 amide bonds. The van der Waals surface area contributed by atoms with Crippen LogP contribution in [0.15, 0.2) is 121 Å². The molecule has 0 aliphatic carbocycles. The summed E-state index contributed by atoms with van der Waals surface area (Å²) >= 11 is 9.28. The van der Waals surface area contributed by atoms with Crippen LogP contribution in [0.1, 0.15) is 35.1 Å². The summed E-state index contributed by atoms with van der Waals surface area (Å²) < 4.78 is 0. The van der Waals surface area contributed by atoms with Gasteiger partial charge in [0.15, 0.2) is 0 Å². The molecule has 4 aromatic carbocycles. The molecule has 2 nitrogen and oxygen atoms in total. The maximum Gasteiger partial charge on any atom is 2.00 e. The van der Waals surface area contributed by atoms with Crippen molar-refractivity contribution in [3.63, 3.8) is 0 Å². The molecule has 7 heteroatoms. The maximum absolute atomic E-state index is 6.59. The molecule has 0 spiro atoms. The largest absolute Gasteiger partial charge is 2.00 e. The summed E-state index contributed by atoms with van der Waals surface area (Å²) in [4.78, 5) is 0. The van der Waals surface area contributed by atoms with Gasteiger partial charge in [0, 0.05) is 12.8 Å². The second-order valence-electron chi connectivity index (χ2n) is 8.40. The van der Waals surface area contributed by atoms with E-state index in [1.807, 2.05) is 72.8 Å². The zero-order valence-corrected chi connectivity index (χ0v) is 32.6. The average molecular weight is 751 g/mol. The Morgan fingerprint density at radius 3 is 0.628 bits per heavy atom. The predicted molar refractivity (Wildman–Crippen MR) is 205 cm³/mol. The number of halogens is 2. The second-order valence-corrected chi connectivity index (χ2v) is 9.56. The van der Waals surface area contributed by atoms with E-state index >= 15 is 0 Å². The normalized spacial score (nSPS) is 7.91. The van der Waals surface area contributed by atoms with Crippen LogP contribution in [0.5, 0.6) is 0 Å². The van der Waals surface area contributed by atoms with E-state index in [2.05, 4.69) is 118 Å². The Hall–Kier alpha value is -1.14. The van der Waals surface area contributed by atoms with Crippen LogP contribution in [0.25, 0.3) is 11.5 Å². The van der Waals surface area contributed by atoms with Crippen LogP contribution in [-0.4, -0.2) is 38.2 Å². The minimum Gasteiger partial charge on any atom is -0.677 e. The van der Waals surface area contributed by atoms with Crippen molar-refractivity contribution in [2.75, 3.05) is 38.2 Å². The van der Waals surface area contributed by atoms with E-state index in [4.69, 9.17) is 11.5 Å². The van der Waals surface area contributed by atoms with E-state index in [1.54, 1.807) is 0 Å². The van der Waals surface area contributed by atoms with Crippen molar-refractivity contribution in [2.45, 2.75) is 40.5 Å². The molecule has 2 atom stereocenters. The number of hydrogen-bond donors (Lipinski definition) is 0. The molecule has 2 unspecified atom stereocenters. The quantitative estimate of drug-likeness (QED) is 0.113. The van der Waals surface area contributed by atoms with Crippen molar-refractivity contribution < 1.29 is 19.5 Å². The van der Waals surface area contributed by atoms with Crippen molar-refractivity contribution in [3.05, 3.63) is 155 Å². The van der Waals surface area contributed by atoms with Gasteiger partial charge in [0.2, 0.25) is 0 Å². The van der Waals surface area contributed by atoms with Crippen LogP contribution in [-0.2, 0) is 19.5 Å². The van der Waals surface area contributed by atoms with Crippen molar-refractivity contribution >= 4 is 41.7 Å². The van der Waals surface area contributed by atoms with Gasteiger partial charge in [-0.2, -0.15) is 13.1 Å². The van der Waals surface area contributed by atoms with Crippen LogP contribution in [0.4, 0.5) is 0 Å². The van der Waals surface area contributed by atoms with Crippen molar-refractivity contribution in [3.8, 4) is 0 Å². The number of rotatable bonds is 4. The van der Waals surface area contributed by atoms with E-state index in [1.165, 1.54) is 35.0 Å². The summed E-state index contributed by atoms with van der Waals surface area (Å²) in [6.45, 7) is 9.48. The fraction of sp³-hybridized carbons (Fsp3) is 0.333. The minimum atomic E-state index is 0. The van der Waals surface area contributed by atoms with Crippen LogP contribution in [0, 0.1) is 27.7 Å². The number of benzene rings is 4. The molecule has 2 N–H and O–H groups in total. The molecule has 0 aliphatic heterocycles. The standard InChI is InChI=1S/4C7H8.2C3H9NP.2CH3Cl.Ru/c4*1-7-5-3-2-4-6-7;2*4-2-1-3-5;2*1-2;/h4*2-6H,1H3;2*4H,1-3,5H2;2*1H3;/q;;;;2*-1;;;+2. The van der Waals surface area contributed by atoms with Gasteiger partial charge in [0.05, 0.1) is 0 Å². The molecular formula is C36H56Cl2N2P2Ru. The molecule has 0 saturated carbocycles. The van der Waals surface area contributed by atoms with E-state index < -0.39 is 0 Å². The summed E-state index contributed by atoms with van der Waals surface area (Å²) in [7, 11) is 5.16. The second kappa shape index (κ2) is 47.8. The third-order valence-corrected chi connectivity index (χ3v) is 5.34. The molecule has 0 heterocycles. The Bertz CT molecular complexity index is 794. The first-order valence-corrected chi connectivity index (χ1v) is 17.1. The Balaban J connectivity index is -0.000000131. The Morgan fingerprint density at radius 2 is 0.581 bits per heavy atom. The van der Waals surface area contributed by atoms with Crippen molar-refractivity contribution in [2.24, 2.45) is 0 Å². The van der Waals surface area contributed by atoms with Gasteiger partial charge in [0.1, 0.15) is 0 Å². The van der Waals surface area contributed by atoms with E-state index in [9.17, 15) is 0 Å². The predicted octanol–water partition coefficient (Wildman–Crippen LogP) is 12.3. The first-order valence-electron chi connectivity index (χ1n) is 13.9. The van der Waals surface area contributed by atoms with Gasteiger partial charge in [0.25, 0.3) is 0 Å². The first-order chi connectivity index (χ1) is 20.4. The zero-order chi connectivity index (χ0) is 32.7. The molecule has 0 saturated heterocycles. The van der Waals surface area contributed by atoms with Gasteiger partial charge in [-0.1, -0.05) is 156 Å². The topological polar surface area (TPSA) is 47.6 Å². The Kier molecular flexibility index (Phi) is 57.2. The van der Waals surface area contributed by atoms with Gasteiger partial charge >= 0.3 is 19.5 Å². The summed E-state index contributed by atoms with van der Waals surface area (Å²) in [6, 6.07) is 41.0. The molecule has 0 fully saturated rings. The summed E-state index contributed by atoms with van der Waals surface area (Å²) in [5, 5.41) is 0. The third kappa shape index (κ3) is 50.8. The molecule has 43 heavy (non-hydrogen) atoms. The summed E-state index contributed by atoms with van der Waals surface area (Å²) in [6.07, 6.45) is 7.13. The van der Waals surface area contributed by atoms with E-state index in [0.29, 0.717) is 13.1 Å². The van der Waals surface area contributed by atoms with Crippen LogP contribution in [0.3, 0.4) is 0 Å². The van der Waals surface area contributed by atoms with Crippen LogP contribution < -0.4 is 0 Å². The molecule has 0 aromatic heterocycles. The fourth-order valence-corrected chi connectivity index (χ4v) is 2.75. The van der Waals surface area contributed by atoms with Crippen molar-refractivity contribution in [1.82, 2.24) is 0 Å². The Morgan fingerprint density at radius 1 is 0.419 bits per heavy atom. The molecule has 4 rings (SSSR count). The number of hydrogen-bond acceptors (Lipinski definition) is 0. The number of aryl methyl sites for hydroxylation is 4. The Labute approximate surface area is 293 Å². The van der Waals surface area contributed by atoms with Crippen molar-refractivity contribution in [1.29, 1.82) is 0 Å². The monoisotopic (exact) mass is 750 g/mol. The molecule has 0 aliphatic rings. The molecule has 0 radical (unpaired) electrons. The number of nitrogens with one attached hydrogen (secondary N) is 2. The molecule has 4 aromatic rings. The smallest absolute Gasteiger partial charge is 0.677 e. The minimum absolute atomic E-state index is 0. The van der Waals surface area contributed by atoms with Gasteiger partial charge in [-0.05, 0) is 40.0 Å². The van der Waals surface area contributed by atoms with Crippen LogP contribution in [0.2, 0.25) is 0 Å². The first kappa shape index (κ1) is 51.4. The third-order valence-electron chi connectivity index (χ3n) is 4.52. The van der Waals surface area contributed by atoms with Crippen LogP contribution >= 0.6 is 41.7 Å². The van der Waals surface area contributed by atoms with E-state index in [0.717, 1.165) is 25.2 Å². The molecule has 242 valence electrons. The zero-order valence-electron chi connectivity index (χ0n) is 27.1. The van der Waals surface area contributed by atoms with E-state index in [-0.39, 0.29) is 19.5 Å². The maximum atomic E-state index is 6.59. The van der Waals surface area contributed by atoms with Gasteiger partial charge in [-0.3, -0.25) is 0 Å². The number of alkyl halides is 2. The molecule has 0 bridgehead atoms. The van der Waals surface area contributed by atoms with Gasteiger partial charge in [-0.25, -0.2) is 0 Å². The van der Waals surface area contributed by atoms with Gasteiger partial charge < -0.3 is 11.5 Å².